The van der Waals surface area contributed by atoms with Gasteiger partial charge in [0.15, 0.2) is 5.82 Å². The van der Waals surface area contributed by atoms with Crippen molar-refractivity contribution < 1.29 is 18.9 Å². The molecule has 8 nitrogen and oxygen atoms in total. The summed E-state index contributed by atoms with van der Waals surface area (Å²) in [7, 11) is 3.36. The Balaban J connectivity index is 1.81. The smallest absolute Gasteiger partial charge is 0.253 e. The molecule has 26 heavy (non-hydrogen) atoms. The van der Waals surface area contributed by atoms with Crippen LogP contribution in [-0.2, 0) is 9.59 Å². The van der Waals surface area contributed by atoms with Gasteiger partial charge < -0.3 is 20.1 Å². The number of nitrogens with one attached hydrogen (secondary N) is 2. The van der Waals surface area contributed by atoms with Gasteiger partial charge in [-0.2, -0.15) is 0 Å². The Morgan fingerprint density at radius 3 is 2.46 bits per heavy atom. The van der Waals surface area contributed by atoms with E-state index in [-0.39, 0.29) is 12.5 Å². The van der Waals surface area contributed by atoms with Crippen molar-refractivity contribution in [1.82, 2.24) is 15.4 Å². The van der Waals surface area contributed by atoms with Crippen molar-refractivity contribution >= 4 is 29.6 Å². The second-order valence-corrected chi connectivity index (χ2v) is 5.74. The number of anilines is 1. The molecule has 0 saturated carbocycles. The molecule has 0 radical (unpaired) electrons. The van der Waals surface area contributed by atoms with Gasteiger partial charge in [-0.15, -0.1) is 0 Å². The molecule has 2 aromatic rings. The zero-order valence-electron chi connectivity index (χ0n) is 14.8. The molecule has 0 aliphatic heterocycles. The van der Waals surface area contributed by atoms with Crippen LogP contribution < -0.4 is 10.6 Å². The summed E-state index contributed by atoms with van der Waals surface area (Å²) in [6.07, 6.45) is 2.91. The normalized spacial score (nSPS) is 10.6. The second kappa shape index (κ2) is 8.61. The van der Waals surface area contributed by atoms with E-state index in [4.69, 9.17) is 4.52 Å². The Morgan fingerprint density at radius 2 is 1.88 bits per heavy atom. The van der Waals surface area contributed by atoms with Crippen molar-refractivity contribution in [3.05, 3.63) is 53.3 Å². The Labute approximate surface area is 150 Å². The zero-order chi connectivity index (χ0) is 19.1. The lowest BCUT2D eigenvalue weighted by Gasteiger charge is -2.09. The van der Waals surface area contributed by atoms with Crippen LogP contribution in [-0.4, -0.2) is 48.4 Å². The van der Waals surface area contributed by atoms with Gasteiger partial charge in [-0.25, -0.2) is 0 Å². The monoisotopic (exact) mass is 356 g/mol. The van der Waals surface area contributed by atoms with Gasteiger partial charge in [-0.3, -0.25) is 14.4 Å². The lowest BCUT2D eigenvalue weighted by Crippen LogP contribution is -2.31. The first-order chi connectivity index (χ1) is 12.3. The van der Waals surface area contributed by atoms with E-state index in [0.717, 1.165) is 5.56 Å². The van der Waals surface area contributed by atoms with Crippen LogP contribution in [0.15, 0.2) is 40.9 Å². The van der Waals surface area contributed by atoms with Crippen molar-refractivity contribution in [2.24, 2.45) is 0 Å². The topological polar surface area (TPSA) is 105 Å². The van der Waals surface area contributed by atoms with Gasteiger partial charge in [0.1, 0.15) is 5.76 Å². The molecule has 3 amide bonds. The van der Waals surface area contributed by atoms with Gasteiger partial charge >= 0.3 is 0 Å². The minimum Gasteiger partial charge on any atom is -0.360 e. The number of benzene rings is 1. The fourth-order valence-electron chi connectivity index (χ4n) is 2.01. The quantitative estimate of drug-likeness (QED) is 0.763. The van der Waals surface area contributed by atoms with Gasteiger partial charge in [0.2, 0.25) is 11.8 Å². The number of aromatic nitrogens is 1. The highest BCUT2D eigenvalue weighted by molar-refractivity contribution is 5.98. The fraction of sp³-hybridized carbons (Fsp3) is 0.222. The lowest BCUT2D eigenvalue weighted by atomic mass is 10.1. The van der Waals surface area contributed by atoms with Crippen molar-refractivity contribution in [3.63, 3.8) is 0 Å². The molecule has 1 aromatic heterocycles. The van der Waals surface area contributed by atoms with Crippen LogP contribution in [0.2, 0.25) is 0 Å². The lowest BCUT2D eigenvalue weighted by molar-refractivity contribution is -0.121. The summed E-state index contributed by atoms with van der Waals surface area (Å²) >= 11 is 0. The van der Waals surface area contributed by atoms with Gasteiger partial charge in [0, 0.05) is 31.8 Å². The number of nitrogens with zero attached hydrogens (tertiary/aromatic N) is 2. The summed E-state index contributed by atoms with van der Waals surface area (Å²) in [5.74, 6) is -0.0432. The first kappa shape index (κ1) is 18.9. The number of hydrogen-bond donors (Lipinski definition) is 2. The maximum atomic E-state index is 11.8. The molecule has 0 unspecified atom stereocenters. The molecule has 8 heteroatoms. The first-order valence-corrected chi connectivity index (χ1v) is 7.86. The molecular formula is C18H20N4O4. The molecule has 2 rings (SSSR count). The number of aryl methyl sites for hydroxylation is 1. The largest absolute Gasteiger partial charge is 0.360 e. The summed E-state index contributed by atoms with van der Waals surface area (Å²) < 4.78 is 4.83. The minimum atomic E-state index is -0.412. The molecule has 1 heterocycles. The molecule has 0 aliphatic carbocycles. The summed E-state index contributed by atoms with van der Waals surface area (Å²) in [6.45, 7) is 1.52. The Kier molecular flexibility index (Phi) is 6.26. The van der Waals surface area contributed by atoms with Crippen LogP contribution in [0.3, 0.4) is 0 Å². The van der Waals surface area contributed by atoms with Crippen LogP contribution in [0.1, 0.15) is 21.7 Å². The summed E-state index contributed by atoms with van der Waals surface area (Å²) in [5, 5.41) is 8.60. The highest BCUT2D eigenvalue weighted by atomic mass is 16.5. The van der Waals surface area contributed by atoms with E-state index < -0.39 is 11.8 Å². The zero-order valence-corrected chi connectivity index (χ0v) is 14.8. The maximum Gasteiger partial charge on any atom is 0.253 e. The third-order valence-corrected chi connectivity index (χ3v) is 3.31. The molecule has 2 N–H and O–H groups in total. The maximum absolute atomic E-state index is 11.8. The molecule has 0 spiro atoms. The third-order valence-electron chi connectivity index (χ3n) is 3.31. The van der Waals surface area contributed by atoms with E-state index in [1.165, 1.54) is 11.0 Å². The Morgan fingerprint density at radius 1 is 1.19 bits per heavy atom. The van der Waals surface area contributed by atoms with E-state index >= 15 is 0 Å². The molecule has 1 aromatic carbocycles. The van der Waals surface area contributed by atoms with Gasteiger partial charge in [0.25, 0.3) is 5.91 Å². The van der Waals surface area contributed by atoms with Crippen LogP contribution in [0.5, 0.6) is 0 Å². The average molecular weight is 356 g/mol. The van der Waals surface area contributed by atoms with Crippen molar-refractivity contribution in [3.8, 4) is 0 Å². The van der Waals surface area contributed by atoms with Crippen LogP contribution in [0.4, 0.5) is 5.82 Å². The SMILES string of the molecule is Cc1cc(NC(=O)CNC(=O)/C=C/c2ccc(C(=O)N(C)C)cc2)no1. The molecule has 0 atom stereocenters. The molecule has 0 saturated heterocycles. The highest BCUT2D eigenvalue weighted by Crippen LogP contribution is 2.08. The number of carbonyl (C=O) groups excluding carboxylic acids is 3. The summed E-state index contributed by atoms with van der Waals surface area (Å²) in [4.78, 5) is 36.7. The number of rotatable bonds is 6. The van der Waals surface area contributed by atoms with Crippen molar-refractivity contribution in [2.45, 2.75) is 6.92 Å². The standard InChI is InChI=1S/C18H20N4O4/c1-12-10-15(21-26-12)20-17(24)11-19-16(23)9-6-13-4-7-14(8-5-13)18(25)22(2)3/h4-10H,11H2,1-3H3,(H,19,23)(H,20,21,24)/b9-6+. The Bertz CT molecular complexity index is 822. The number of amides is 3. The molecule has 0 aliphatic rings. The van der Waals surface area contributed by atoms with Gasteiger partial charge in [-0.05, 0) is 30.7 Å². The molecule has 0 bridgehead atoms. The predicted octanol–water partition coefficient (Wildman–Crippen LogP) is 1.45. The summed E-state index contributed by atoms with van der Waals surface area (Å²) in [6, 6.07) is 8.42. The number of hydrogen-bond acceptors (Lipinski definition) is 5. The summed E-state index contributed by atoms with van der Waals surface area (Å²) in [5.41, 5.74) is 1.33. The fourth-order valence-corrected chi connectivity index (χ4v) is 2.01. The average Bonchev–Trinajstić information content (AvgIpc) is 3.02. The highest BCUT2D eigenvalue weighted by Gasteiger charge is 2.08. The molecular weight excluding hydrogens is 336 g/mol. The van der Waals surface area contributed by atoms with Crippen molar-refractivity contribution in [1.29, 1.82) is 0 Å². The van der Waals surface area contributed by atoms with E-state index in [1.807, 2.05) is 0 Å². The predicted molar refractivity (Wildman–Crippen MR) is 96.4 cm³/mol. The molecule has 0 fully saturated rings. The first-order valence-electron chi connectivity index (χ1n) is 7.86. The van der Waals surface area contributed by atoms with E-state index in [9.17, 15) is 14.4 Å². The Hall–Kier alpha value is -3.42. The third kappa shape index (κ3) is 5.59. The number of carbonyl (C=O) groups is 3. The molecule has 136 valence electrons. The second-order valence-electron chi connectivity index (χ2n) is 5.74. The van der Waals surface area contributed by atoms with Gasteiger partial charge in [-0.1, -0.05) is 17.3 Å². The van der Waals surface area contributed by atoms with Crippen LogP contribution in [0.25, 0.3) is 6.08 Å². The van der Waals surface area contributed by atoms with Gasteiger partial charge in [0.05, 0.1) is 6.54 Å². The van der Waals surface area contributed by atoms with Crippen LogP contribution >= 0.6 is 0 Å². The van der Waals surface area contributed by atoms with Crippen LogP contribution in [0, 0.1) is 6.92 Å². The van der Waals surface area contributed by atoms with Crippen molar-refractivity contribution in [2.75, 3.05) is 26.0 Å². The van der Waals surface area contributed by atoms with E-state index in [2.05, 4.69) is 15.8 Å². The van der Waals surface area contributed by atoms with E-state index in [1.54, 1.807) is 57.4 Å². The minimum absolute atomic E-state index is 0.0911. The van der Waals surface area contributed by atoms with E-state index in [0.29, 0.717) is 17.1 Å².